The van der Waals surface area contributed by atoms with Gasteiger partial charge in [0, 0.05) is 23.4 Å². The summed E-state index contributed by atoms with van der Waals surface area (Å²) in [6.45, 7) is 3.63. The Bertz CT molecular complexity index is 799. The summed E-state index contributed by atoms with van der Waals surface area (Å²) >= 11 is 0. The van der Waals surface area contributed by atoms with Gasteiger partial charge in [-0.2, -0.15) is 0 Å². The van der Waals surface area contributed by atoms with Crippen molar-refractivity contribution in [1.29, 1.82) is 0 Å². The van der Waals surface area contributed by atoms with Gasteiger partial charge in [0.15, 0.2) is 0 Å². The summed E-state index contributed by atoms with van der Waals surface area (Å²) in [4.78, 5) is 37.0. The minimum Gasteiger partial charge on any atom is -0.462 e. The van der Waals surface area contributed by atoms with E-state index in [9.17, 15) is 19.7 Å². The van der Waals surface area contributed by atoms with E-state index in [0.29, 0.717) is 11.3 Å². The Morgan fingerprint density at radius 3 is 2.56 bits per heavy atom. The van der Waals surface area contributed by atoms with Gasteiger partial charge in [-0.3, -0.25) is 15.4 Å². The van der Waals surface area contributed by atoms with Crippen molar-refractivity contribution >= 4 is 23.6 Å². The van der Waals surface area contributed by atoms with Crippen LogP contribution in [0.15, 0.2) is 30.3 Å². The van der Waals surface area contributed by atoms with E-state index in [1.807, 2.05) is 0 Å². The Hall–Kier alpha value is -3.36. The summed E-state index contributed by atoms with van der Waals surface area (Å²) in [5.41, 5.74) is 0.899. The molecular weight excluding hydrogens is 330 g/mol. The van der Waals surface area contributed by atoms with Crippen molar-refractivity contribution in [3.63, 3.8) is 0 Å². The molecular formula is C16H17N3O6. The molecule has 1 amide bonds. The number of amides is 1. The zero-order valence-electron chi connectivity index (χ0n) is 13.7. The number of aromatic amines is 1. The van der Waals surface area contributed by atoms with E-state index in [0.717, 1.165) is 0 Å². The second kappa shape index (κ2) is 7.95. The fraction of sp³-hybridized carbons (Fsp3) is 0.250. The number of anilines is 1. The Morgan fingerprint density at radius 1 is 1.20 bits per heavy atom. The van der Waals surface area contributed by atoms with Crippen LogP contribution in [0.25, 0.3) is 11.3 Å². The highest BCUT2D eigenvalue weighted by molar-refractivity contribution is 6.00. The molecule has 0 fully saturated rings. The molecule has 0 aliphatic heterocycles. The molecule has 2 aromatic rings. The third-order valence-corrected chi connectivity index (χ3v) is 3.18. The highest BCUT2D eigenvalue weighted by atomic mass is 16.6. The molecule has 1 aromatic heterocycles. The van der Waals surface area contributed by atoms with E-state index >= 15 is 0 Å². The first-order valence-corrected chi connectivity index (χ1v) is 7.55. The predicted molar refractivity (Wildman–Crippen MR) is 89.5 cm³/mol. The summed E-state index contributed by atoms with van der Waals surface area (Å²) in [7, 11) is 0. The first kappa shape index (κ1) is 18.0. The molecule has 0 aliphatic rings. The van der Waals surface area contributed by atoms with Crippen LogP contribution in [-0.4, -0.2) is 35.2 Å². The van der Waals surface area contributed by atoms with Gasteiger partial charge in [-0.05, 0) is 19.9 Å². The van der Waals surface area contributed by atoms with Crippen molar-refractivity contribution in [2.24, 2.45) is 0 Å². The lowest BCUT2D eigenvalue weighted by Gasteiger charge is -2.06. The number of hydrogen-bond donors (Lipinski definition) is 2. The molecule has 1 heterocycles. The molecule has 2 N–H and O–H groups in total. The fourth-order valence-corrected chi connectivity index (χ4v) is 2.13. The number of ether oxygens (including phenoxy) is 2. The average Bonchev–Trinajstić information content (AvgIpc) is 2.99. The maximum atomic E-state index is 12.1. The average molecular weight is 347 g/mol. The number of carbonyl (C=O) groups excluding carboxylic acids is 2. The van der Waals surface area contributed by atoms with Crippen LogP contribution in [0.5, 0.6) is 0 Å². The van der Waals surface area contributed by atoms with Crippen LogP contribution in [0, 0.1) is 10.1 Å². The van der Waals surface area contributed by atoms with E-state index in [1.54, 1.807) is 19.9 Å². The van der Waals surface area contributed by atoms with Crippen LogP contribution >= 0.6 is 0 Å². The standard InChI is InChI=1S/C16H17N3O6/c1-3-24-15(20)12-9-13(17-14(12)18-16(21)25-4-2)10-6-5-7-11(8-10)19(22)23/h5-9,17H,3-4H2,1-2H3,(H,18,21). The highest BCUT2D eigenvalue weighted by Crippen LogP contribution is 2.28. The molecule has 9 heteroatoms. The molecule has 0 spiro atoms. The number of nitro groups is 1. The predicted octanol–water partition coefficient (Wildman–Crippen LogP) is 3.34. The van der Waals surface area contributed by atoms with E-state index in [2.05, 4.69) is 10.3 Å². The number of rotatable bonds is 6. The van der Waals surface area contributed by atoms with E-state index in [-0.39, 0.29) is 30.3 Å². The van der Waals surface area contributed by atoms with Crippen LogP contribution in [0.2, 0.25) is 0 Å². The third kappa shape index (κ3) is 4.34. The van der Waals surface area contributed by atoms with Crippen molar-refractivity contribution in [3.8, 4) is 11.3 Å². The molecule has 0 aliphatic carbocycles. The molecule has 0 saturated heterocycles. The number of benzene rings is 1. The minimum atomic E-state index is -0.736. The number of H-pyrrole nitrogens is 1. The first-order chi connectivity index (χ1) is 12.0. The molecule has 0 radical (unpaired) electrons. The lowest BCUT2D eigenvalue weighted by atomic mass is 10.1. The third-order valence-electron chi connectivity index (χ3n) is 3.18. The Labute approximate surface area is 143 Å². The number of esters is 1. The van der Waals surface area contributed by atoms with Crippen LogP contribution in [0.3, 0.4) is 0 Å². The van der Waals surface area contributed by atoms with Crippen LogP contribution < -0.4 is 5.32 Å². The van der Waals surface area contributed by atoms with Gasteiger partial charge in [-0.1, -0.05) is 12.1 Å². The van der Waals surface area contributed by atoms with E-state index in [4.69, 9.17) is 9.47 Å². The summed E-state index contributed by atoms with van der Waals surface area (Å²) in [5.74, 6) is -0.541. The molecule has 0 atom stereocenters. The number of nitrogens with one attached hydrogen (secondary N) is 2. The van der Waals surface area contributed by atoms with E-state index in [1.165, 1.54) is 24.3 Å². The molecule has 9 nitrogen and oxygen atoms in total. The van der Waals surface area contributed by atoms with Crippen molar-refractivity contribution < 1.29 is 24.0 Å². The van der Waals surface area contributed by atoms with E-state index < -0.39 is 17.0 Å². The Kier molecular flexibility index (Phi) is 5.72. The summed E-state index contributed by atoms with van der Waals surface area (Å²) in [5, 5.41) is 13.3. The lowest BCUT2D eigenvalue weighted by molar-refractivity contribution is -0.384. The minimum absolute atomic E-state index is 0.0929. The largest absolute Gasteiger partial charge is 0.462 e. The number of carbonyl (C=O) groups is 2. The number of nitrogens with zero attached hydrogens (tertiary/aromatic N) is 1. The zero-order valence-corrected chi connectivity index (χ0v) is 13.7. The molecule has 0 bridgehead atoms. The summed E-state index contributed by atoms with van der Waals surface area (Å²) in [6.07, 6.45) is -0.736. The van der Waals surface area contributed by atoms with Gasteiger partial charge >= 0.3 is 12.1 Å². The lowest BCUT2D eigenvalue weighted by Crippen LogP contribution is -2.16. The van der Waals surface area contributed by atoms with Crippen molar-refractivity contribution in [3.05, 3.63) is 46.0 Å². The number of aromatic nitrogens is 1. The van der Waals surface area contributed by atoms with Gasteiger partial charge in [-0.15, -0.1) is 0 Å². The van der Waals surface area contributed by atoms with Crippen molar-refractivity contribution in [2.75, 3.05) is 18.5 Å². The maximum absolute atomic E-state index is 12.1. The van der Waals surface area contributed by atoms with Gasteiger partial charge in [0.05, 0.1) is 18.1 Å². The van der Waals surface area contributed by atoms with Crippen molar-refractivity contribution in [2.45, 2.75) is 13.8 Å². The summed E-state index contributed by atoms with van der Waals surface area (Å²) < 4.78 is 9.76. The molecule has 132 valence electrons. The Balaban J connectivity index is 2.42. The molecule has 25 heavy (non-hydrogen) atoms. The molecule has 1 aromatic carbocycles. The van der Waals surface area contributed by atoms with Gasteiger partial charge in [0.2, 0.25) is 0 Å². The van der Waals surface area contributed by atoms with Gasteiger partial charge in [0.25, 0.3) is 5.69 Å². The van der Waals surface area contributed by atoms with Gasteiger partial charge in [-0.25, -0.2) is 9.59 Å². The molecule has 0 unspecified atom stereocenters. The second-order valence-corrected chi connectivity index (χ2v) is 4.85. The van der Waals surface area contributed by atoms with Crippen LogP contribution in [-0.2, 0) is 9.47 Å². The molecule has 0 saturated carbocycles. The van der Waals surface area contributed by atoms with Gasteiger partial charge < -0.3 is 14.5 Å². The van der Waals surface area contributed by atoms with Gasteiger partial charge in [0.1, 0.15) is 11.4 Å². The molecule has 2 rings (SSSR count). The number of hydrogen-bond acceptors (Lipinski definition) is 6. The summed E-state index contributed by atoms with van der Waals surface area (Å²) in [6, 6.07) is 7.34. The highest BCUT2D eigenvalue weighted by Gasteiger charge is 2.20. The monoisotopic (exact) mass is 347 g/mol. The SMILES string of the molecule is CCOC(=O)Nc1[nH]c(-c2cccc([N+](=O)[O-])c2)cc1C(=O)OCC. The van der Waals surface area contributed by atoms with Crippen molar-refractivity contribution in [1.82, 2.24) is 4.98 Å². The number of nitro benzene ring substituents is 1. The topological polar surface area (TPSA) is 124 Å². The van der Waals surface area contributed by atoms with Crippen LogP contribution in [0.4, 0.5) is 16.3 Å². The quantitative estimate of drug-likeness (QED) is 0.469. The first-order valence-electron chi connectivity index (χ1n) is 7.55. The van der Waals surface area contributed by atoms with Crippen LogP contribution in [0.1, 0.15) is 24.2 Å². The second-order valence-electron chi connectivity index (χ2n) is 4.85. The Morgan fingerprint density at radius 2 is 1.92 bits per heavy atom. The maximum Gasteiger partial charge on any atom is 0.412 e. The fourth-order valence-electron chi connectivity index (χ4n) is 2.13. The normalized spacial score (nSPS) is 10.2. The smallest absolute Gasteiger partial charge is 0.412 e. The zero-order chi connectivity index (χ0) is 18.4. The number of non-ortho nitro benzene ring substituents is 1.